The van der Waals surface area contributed by atoms with Gasteiger partial charge in [0.1, 0.15) is 0 Å². The summed E-state index contributed by atoms with van der Waals surface area (Å²) in [7, 11) is 0. The molecule has 0 aromatic carbocycles. The largest absolute Gasteiger partial charge is 0.465 e. The van der Waals surface area contributed by atoms with E-state index in [1.54, 1.807) is 11.1 Å². The Bertz CT molecular complexity index is 693. The highest BCUT2D eigenvalue weighted by Gasteiger charge is 2.45. The first kappa shape index (κ1) is 21.6. The maximum Gasteiger partial charge on any atom is 0.311 e. The van der Waals surface area contributed by atoms with Gasteiger partial charge in [0.05, 0.1) is 18.1 Å². The minimum absolute atomic E-state index is 0.133. The molecule has 0 radical (unpaired) electrons. The topological polar surface area (TPSA) is 46.5 Å². The molecule has 0 bridgehead atoms. The molecular weight excluding hydrogens is 348 g/mol. The summed E-state index contributed by atoms with van der Waals surface area (Å²) < 4.78 is 5.64. The van der Waals surface area contributed by atoms with Crippen LogP contribution >= 0.6 is 0 Å². The van der Waals surface area contributed by atoms with Gasteiger partial charge in [0.15, 0.2) is 0 Å². The molecule has 1 saturated carbocycles. The molecule has 0 saturated heterocycles. The summed E-state index contributed by atoms with van der Waals surface area (Å²) in [6.45, 7) is 15.3. The van der Waals surface area contributed by atoms with E-state index in [1.807, 2.05) is 20.8 Å². The van der Waals surface area contributed by atoms with Crippen molar-refractivity contribution in [3.05, 3.63) is 22.3 Å². The van der Waals surface area contributed by atoms with E-state index in [1.165, 1.54) is 24.0 Å². The third kappa shape index (κ3) is 3.97. The highest BCUT2D eigenvalue weighted by Crippen LogP contribution is 2.56. The molecule has 0 amide bonds. The van der Waals surface area contributed by atoms with E-state index in [2.05, 4.69) is 27.7 Å². The molecule has 0 heterocycles. The van der Waals surface area contributed by atoms with Crippen LogP contribution in [0.5, 0.6) is 0 Å². The number of hydrogen-bond acceptors (Lipinski definition) is 3. The molecule has 0 aliphatic heterocycles. The smallest absolute Gasteiger partial charge is 0.311 e. The van der Waals surface area contributed by atoms with Crippen molar-refractivity contribution in [3.63, 3.8) is 0 Å². The molecule has 3 rings (SSSR count). The molecule has 3 aliphatic carbocycles. The van der Waals surface area contributed by atoms with Gasteiger partial charge in [0.25, 0.3) is 0 Å². The van der Waals surface area contributed by atoms with Crippen LogP contribution in [-0.2, 0) is 9.53 Å². The first-order valence-electron chi connectivity index (χ1n) is 11.2. The average molecular weight is 389 g/mol. The molecule has 1 N–H and O–H groups in total. The fraction of sp³-hybridized carbons (Fsp3) is 0.800. The van der Waals surface area contributed by atoms with Crippen LogP contribution in [0.15, 0.2) is 22.3 Å². The minimum Gasteiger partial charge on any atom is -0.465 e. The van der Waals surface area contributed by atoms with E-state index < -0.39 is 5.41 Å². The van der Waals surface area contributed by atoms with Crippen LogP contribution < -0.4 is 0 Å². The van der Waals surface area contributed by atoms with Gasteiger partial charge in [-0.25, -0.2) is 0 Å². The molecule has 0 unspecified atom stereocenters. The monoisotopic (exact) mass is 388 g/mol. The first-order valence-corrected chi connectivity index (χ1v) is 11.2. The molecule has 1 fully saturated rings. The van der Waals surface area contributed by atoms with Gasteiger partial charge in [-0.05, 0) is 83.5 Å². The van der Waals surface area contributed by atoms with Crippen molar-refractivity contribution in [1.82, 2.24) is 0 Å². The predicted octanol–water partition coefficient (Wildman–Crippen LogP) is 5.83. The number of carbonyl (C=O) groups is 1. The second-order valence-corrected chi connectivity index (χ2v) is 11.1. The van der Waals surface area contributed by atoms with Crippen molar-refractivity contribution in [2.24, 2.45) is 28.6 Å². The Labute approximate surface area is 171 Å². The molecule has 0 spiro atoms. The summed E-state index contributed by atoms with van der Waals surface area (Å²) in [5, 5.41) is 11.1. The van der Waals surface area contributed by atoms with Gasteiger partial charge in [-0.3, -0.25) is 4.79 Å². The molecule has 0 aromatic rings. The quantitative estimate of drug-likeness (QED) is 0.489. The molecule has 3 aliphatic rings. The van der Waals surface area contributed by atoms with Crippen LogP contribution in [0.25, 0.3) is 0 Å². The lowest BCUT2D eigenvalue weighted by Crippen LogP contribution is -2.33. The third-order valence-electron chi connectivity index (χ3n) is 7.80. The highest BCUT2D eigenvalue weighted by atomic mass is 16.5. The van der Waals surface area contributed by atoms with Gasteiger partial charge >= 0.3 is 5.97 Å². The number of aliphatic hydroxyl groups is 1. The maximum absolute atomic E-state index is 12.2. The standard InChI is InChI=1S/C25H40O3/c1-15-8-9-19-17(3)22(26)12-21-18(10-11-25(21,7)13-20(15)19)16(2)14-28-23(27)24(4,5)6/h16-17,19,22,26H,8-14H2,1-7H3/t16-,17-,19+,22-,25-/m1/s1. The van der Waals surface area contributed by atoms with E-state index in [-0.39, 0.29) is 23.4 Å². The van der Waals surface area contributed by atoms with E-state index in [0.29, 0.717) is 18.4 Å². The Balaban J connectivity index is 1.86. The summed E-state index contributed by atoms with van der Waals surface area (Å²) in [6, 6.07) is 0. The Kier molecular flexibility index (Phi) is 5.89. The zero-order valence-electron chi connectivity index (χ0n) is 19.0. The van der Waals surface area contributed by atoms with Crippen molar-refractivity contribution >= 4 is 5.97 Å². The number of fused-ring (bicyclic) bond motifs is 2. The molecule has 0 aromatic heterocycles. The van der Waals surface area contributed by atoms with Crippen LogP contribution in [0.2, 0.25) is 0 Å². The lowest BCUT2D eigenvalue weighted by molar-refractivity contribution is -0.153. The van der Waals surface area contributed by atoms with E-state index in [9.17, 15) is 9.90 Å². The number of carbonyl (C=O) groups excluding carboxylic acids is 1. The Morgan fingerprint density at radius 1 is 1.32 bits per heavy atom. The van der Waals surface area contributed by atoms with Crippen molar-refractivity contribution in [1.29, 1.82) is 0 Å². The summed E-state index contributed by atoms with van der Waals surface area (Å²) in [5.74, 6) is 0.967. The summed E-state index contributed by atoms with van der Waals surface area (Å²) >= 11 is 0. The Hall–Kier alpha value is -1.09. The van der Waals surface area contributed by atoms with E-state index >= 15 is 0 Å². The molecule has 5 atom stereocenters. The number of esters is 1. The maximum atomic E-state index is 12.2. The van der Waals surface area contributed by atoms with Crippen LogP contribution in [0.4, 0.5) is 0 Å². The SMILES string of the molecule is CC1=C2C[C@@]3(C)CCC([C@H](C)COC(=O)C(C)(C)C)=C3C[C@@H](O)[C@H](C)[C@@H]2CC1. The third-order valence-corrected chi connectivity index (χ3v) is 7.80. The minimum atomic E-state index is -0.463. The van der Waals surface area contributed by atoms with Gasteiger partial charge in [-0.15, -0.1) is 0 Å². The lowest BCUT2D eigenvalue weighted by atomic mass is 9.67. The van der Waals surface area contributed by atoms with Gasteiger partial charge in [-0.1, -0.05) is 43.1 Å². The van der Waals surface area contributed by atoms with Crippen molar-refractivity contribution in [2.75, 3.05) is 6.61 Å². The molecule has 3 heteroatoms. The van der Waals surface area contributed by atoms with Gasteiger partial charge in [-0.2, -0.15) is 0 Å². The summed E-state index contributed by atoms with van der Waals surface area (Å²) in [5.41, 5.74) is 5.76. The van der Waals surface area contributed by atoms with E-state index in [4.69, 9.17) is 4.74 Å². The zero-order chi connectivity index (χ0) is 20.9. The normalized spacial score (nSPS) is 34.6. The fourth-order valence-corrected chi connectivity index (χ4v) is 5.70. The highest BCUT2D eigenvalue weighted by molar-refractivity contribution is 5.75. The molecule has 28 heavy (non-hydrogen) atoms. The van der Waals surface area contributed by atoms with Gasteiger partial charge in [0.2, 0.25) is 0 Å². The summed E-state index contributed by atoms with van der Waals surface area (Å²) in [6.07, 6.45) is 6.27. The first-order chi connectivity index (χ1) is 12.9. The number of hydrogen-bond donors (Lipinski definition) is 1. The summed E-state index contributed by atoms with van der Waals surface area (Å²) in [4.78, 5) is 12.2. The second-order valence-electron chi connectivity index (χ2n) is 11.1. The Morgan fingerprint density at radius 2 is 2.00 bits per heavy atom. The number of allylic oxidation sites excluding steroid dienone is 2. The van der Waals surface area contributed by atoms with Gasteiger partial charge < -0.3 is 9.84 Å². The average Bonchev–Trinajstić information content (AvgIpc) is 3.11. The van der Waals surface area contributed by atoms with Crippen LogP contribution in [0.1, 0.15) is 87.0 Å². The lowest BCUT2D eigenvalue weighted by Gasteiger charge is -2.39. The van der Waals surface area contributed by atoms with E-state index in [0.717, 1.165) is 25.7 Å². The van der Waals surface area contributed by atoms with Crippen molar-refractivity contribution in [2.45, 2.75) is 93.1 Å². The number of rotatable bonds is 3. The fourth-order valence-electron chi connectivity index (χ4n) is 5.70. The number of ether oxygens (including phenoxy) is 1. The van der Waals surface area contributed by atoms with Crippen molar-refractivity contribution in [3.8, 4) is 0 Å². The van der Waals surface area contributed by atoms with Crippen LogP contribution in [-0.4, -0.2) is 23.8 Å². The molecule has 3 nitrogen and oxygen atoms in total. The molecule has 158 valence electrons. The van der Waals surface area contributed by atoms with Gasteiger partial charge in [0, 0.05) is 5.92 Å². The van der Waals surface area contributed by atoms with Crippen molar-refractivity contribution < 1.29 is 14.6 Å². The second kappa shape index (κ2) is 7.63. The predicted molar refractivity (Wildman–Crippen MR) is 114 cm³/mol. The van der Waals surface area contributed by atoms with Crippen LogP contribution in [0, 0.1) is 28.6 Å². The number of aliphatic hydroxyl groups excluding tert-OH is 1. The zero-order valence-corrected chi connectivity index (χ0v) is 19.0. The Morgan fingerprint density at radius 3 is 2.64 bits per heavy atom. The molecular formula is C25H40O3. The van der Waals surface area contributed by atoms with Crippen LogP contribution in [0.3, 0.4) is 0 Å².